The maximum absolute atomic E-state index is 13.5. The summed E-state index contributed by atoms with van der Waals surface area (Å²) < 4.78 is 13.5. The number of carboxylic acid groups (broad SMARTS) is 1. The molecule has 2 aromatic carbocycles. The Morgan fingerprint density at radius 2 is 1.61 bits per heavy atom. The van der Waals surface area contributed by atoms with Gasteiger partial charge in [0.15, 0.2) is 0 Å². The van der Waals surface area contributed by atoms with Crippen molar-refractivity contribution in [2.24, 2.45) is 0 Å². The first kappa shape index (κ1) is 22.5. The van der Waals surface area contributed by atoms with E-state index in [1.807, 2.05) is 0 Å². The maximum atomic E-state index is 13.5. The Labute approximate surface area is 183 Å². The minimum Gasteiger partial charge on any atom is -0.507 e. The van der Waals surface area contributed by atoms with Gasteiger partial charge in [0, 0.05) is 23.6 Å². The standard InChI is InChI=1S/C23H21ClFNO5/c24-16-9-5-15(6-10-16)21(29)19-20(14-7-11-17(25)12-8-14)26(23(31)22(19)30)13-3-1-2-4-18(27)28/h5-12,20,29H,1-4,13H2,(H,27,28)/t20-/m0/s1. The molecule has 1 saturated heterocycles. The minimum absolute atomic E-state index is 0.0246. The van der Waals surface area contributed by atoms with Crippen LogP contribution in [0.4, 0.5) is 4.39 Å². The Balaban J connectivity index is 1.96. The van der Waals surface area contributed by atoms with Gasteiger partial charge in [0.1, 0.15) is 11.6 Å². The molecule has 1 fully saturated rings. The average molecular weight is 446 g/mol. The van der Waals surface area contributed by atoms with Crippen molar-refractivity contribution in [2.45, 2.75) is 31.7 Å². The number of nitrogens with zero attached hydrogens (tertiary/aromatic N) is 1. The highest BCUT2D eigenvalue weighted by molar-refractivity contribution is 6.46. The highest BCUT2D eigenvalue weighted by Crippen LogP contribution is 2.39. The second-order valence-electron chi connectivity index (χ2n) is 7.26. The molecule has 0 bridgehead atoms. The molecule has 0 aromatic heterocycles. The molecule has 1 aliphatic heterocycles. The first-order chi connectivity index (χ1) is 14.8. The molecule has 0 unspecified atom stereocenters. The van der Waals surface area contributed by atoms with Gasteiger partial charge < -0.3 is 15.1 Å². The number of hydrogen-bond donors (Lipinski definition) is 2. The predicted molar refractivity (Wildman–Crippen MR) is 113 cm³/mol. The van der Waals surface area contributed by atoms with Gasteiger partial charge in [-0.3, -0.25) is 14.4 Å². The summed E-state index contributed by atoms with van der Waals surface area (Å²) in [5.41, 5.74) is 0.738. The molecule has 1 heterocycles. The molecule has 31 heavy (non-hydrogen) atoms. The van der Waals surface area contributed by atoms with Crippen LogP contribution in [0.15, 0.2) is 54.1 Å². The zero-order chi connectivity index (χ0) is 22.5. The molecular formula is C23H21ClFNO5. The van der Waals surface area contributed by atoms with E-state index in [1.165, 1.54) is 29.2 Å². The summed E-state index contributed by atoms with van der Waals surface area (Å²) in [4.78, 5) is 37.6. The Morgan fingerprint density at radius 3 is 2.23 bits per heavy atom. The second-order valence-corrected chi connectivity index (χ2v) is 7.69. The van der Waals surface area contributed by atoms with Crippen LogP contribution in [-0.2, 0) is 14.4 Å². The largest absolute Gasteiger partial charge is 0.507 e. The van der Waals surface area contributed by atoms with Gasteiger partial charge in [0.25, 0.3) is 11.7 Å². The molecule has 3 rings (SSSR count). The summed E-state index contributed by atoms with van der Waals surface area (Å²) in [6, 6.07) is 10.7. The number of aliphatic carboxylic acids is 1. The Bertz CT molecular complexity index is 1020. The van der Waals surface area contributed by atoms with Crippen LogP contribution in [0.5, 0.6) is 0 Å². The van der Waals surface area contributed by atoms with Crippen LogP contribution >= 0.6 is 11.6 Å². The number of carboxylic acids is 1. The minimum atomic E-state index is -0.894. The lowest BCUT2D eigenvalue weighted by molar-refractivity contribution is -0.140. The molecule has 2 aromatic rings. The van der Waals surface area contributed by atoms with E-state index in [9.17, 15) is 23.9 Å². The van der Waals surface area contributed by atoms with E-state index in [4.69, 9.17) is 16.7 Å². The van der Waals surface area contributed by atoms with E-state index < -0.39 is 29.5 Å². The van der Waals surface area contributed by atoms with Gasteiger partial charge in [-0.15, -0.1) is 0 Å². The Morgan fingerprint density at radius 1 is 0.968 bits per heavy atom. The number of likely N-dealkylation sites (tertiary alicyclic amines) is 1. The summed E-state index contributed by atoms with van der Waals surface area (Å²) in [5, 5.41) is 20.1. The van der Waals surface area contributed by atoms with E-state index in [0.717, 1.165) is 0 Å². The summed E-state index contributed by atoms with van der Waals surface area (Å²) in [6.07, 6.45) is 1.52. The number of ketones is 1. The van der Waals surface area contributed by atoms with Gasteiger partial charge in [0.2, 0.25) is 0 Å². The smallest absolute Gasteiger partial charge is 0.303 e. The second kappa shape index (κ2) is 9.75. The van der Waals surface area contributed by atoms with Crippen LogP contribution < -0.4 is 0 Å². The molecule has 0 radical (unpaired) electrons. The van der Waals surface area contributed by atoms with Crippen LogP contribution in [0.1, 0.15) is 42.9 Å². The van der Waals surface area contributed by atoms with Gasteiger partial charge in [0.05, 0.1) is 11.6 Å². The molecule has 8 heteroatoms. The summed E-state index contributed by atoms with van der Waals surface area (Å²) >= 11 is 5.89. The molecule has 2 N–H and O–H groups in total. The third-order valence-corrected chi connectivity index (χ3v) is 5.38. The number of unbranched alkanes of at least 4 members (excludes halogenated alkanes) is 2. The fourth-order valence-electron chi connectivity index (χ4n) is 3.60. The van der Waals surface area contributed by atoms with Crippen LogP contribution in [0.2, 0.25) is 5.02 Å². The third kappa shape index (κ3) is 5.11. The van der Waals surface area contributed by atoms with E-state index in [-0.39, 0.29) is 24.3 Å². The Kier molecular flexibility index (Phi) is 7.07. The van der Waals surface area contributed by atoms with Crippen LogP contribution in [0.3, 0.4) is 0 Å². The van der Waals surface area contributed by atoms with E-state index in [1.54, 1.807) is 24.3 Å². The first-order valence-electron chi connectivity index (χ1n) is 9.81. The fraction of sp³-hybridized carbons (Fsp3) is 0.261. The molecular weight excluding hydrogens is 425 g/mol. The number of carbonyl (C=O) groups is 3. The summed E-state index contributed by atoms with van der Waals surface area (Å²) in [5.74, 6) is -3.28. The number of benzene rings is 2. The van der Waals surface area contributed by atoms with Crippen LogP contribution in [0, 0.1) is 5.82 Å². The first-order valence-corrected chi connectivity index (χ1v) is 10.2. The van der Waals surface area contributed by atoms with Crippen molar-refractivity contribution in [3.63, 3.8) is 0 Å². The van der Waals surface area contributed by atoms with Gasteiger partial charge in [-0.1, -0.05) is 30.2 Å². The van der Waals surface area contributed by atoms with Crippen molar-refractivity contribution in [3.8, 4) is 0 Å². The summed E-state index contributed by atoms with van der Waals surface area (Å²) in [7, 11) is 0. The molecule has 6 nitrogen and oxygen atoms in total. The van der Waals surface area contributed by atoms with Crippen molar-refractivity contribution in [2.75, 3.05) is 6.54 Å². The molecule has 0 saturated carbocycles. The lowest BCUT2D eigenvalue weighted by Gasteiger charge is -2.25. The topological polar surface area (TPSA) is 94.9 Å². The number of halogens is 2. The fourth-order valence-corrected chi connectivity index (χ4v) is 3.73. The predicted octanol–water partition coefficient (Wildman–Crippen LogP) is 4.55. The third-order valence-electron chi connectivity index (χ3n) is 5.13. The average Bonchev–Trinajstić information content (AvgIpc) is 2.99. The van der Waals surface area contributed by atoms with Crippen molar-refractivity contribution in [1.29, 1.82) is 0 Å². The lowest BCUT2D eigenvalue weighted by atomic mass is 9.95. The highest BCUT2D eigenvalue weighted by Gasteiger charge is 2.45. The van der Waals surface area contributed by atoms with Gasteiger partial charge in [-0.25, -0.2) is 4.39 Å². The lowest BCUT2D eigenvalue weighted by Crippen LogP contribution is -2.30. The van der Waals surface area contributed by atoms with E-state index in [0.29, 0.717) is 35.4 Å². The van der Waals surface area contributed by atoms with Gasteiger partial charge >= 0.3 is 5.97 Å². The number of Topliss-reactive ketones (excluding diaryl/α,β-unsaturated/α-hetero) is 1. The maximum Gasteiger partial charge on any atom is 0.303 e. The SMILES string of the molecule is O=C(O)CCCCCN1C(=O)C(=O)C(=C(O)c2ccc(Cl)cc2)[C@@H]1c1ccc(F)cc1. The number of carbonyl (C=O) groups excluding carboxylic acids is 2. The van der Waals surface area contributed by atoms with Gasteiger partial charge in [-0.05, 0) is 54.8 Å². The number of hydrogen-bond acceptors (Lipinski definition) is 4. The Hall–Kier alpha value is -3.19. The van der Waals surface area contributed by atoms with Crippen molar-refractivity contribution < 1.29 is 29.0 Å². The van der Waals surface area contributed by atoms with Crippen LogP contribution in [0.25, 0.3) is 5.76 Å². The highest BCUT2D eigenvalue weighted by atomic mass is 35.5. The molecule has 1 atom stereocenters. The normalized spacial score (nSPS) is 17.9. The van der Waals surface area contributed by atoms with E-state index in [2.05, 4.69) is 0 Å². The molecule has 0 aliphatic carbocycles. The number of aliphatic hydroxyl groups is 1. The molecule has 0 spiro atoms. The van der Waals surface area contributed by atoms with Gasteiger partial charge in [-0.2, -0.15) is 0 Å². The zero-order valence-electron chi connectivity index (χ0n) is 16.6. The van der Waals surface area contributed by atoms with Crippen molar-refractivity contribution >= 4 is 35.0 Å². The number of aliphatic hydroxyl groups excluding tert-OH is 1. The van der Waals surface area contributed by atoms with Crippen molar-refractivity contribution in [3.05, 3.63) is 76.1 Å². The van der Waals surface area contributed by atoms with E-state index >= 15 is 0 Å². The molecule has 1 amide bonds. The monoisotopic (exact) mass is 445 g/mol. The zero-order valence-corrected chi connectivity index (χ0v) is 17.3. The molecule has 1 aliphatic rings. The quantitative estimate of drug-likeness (QED) is 0.269. The van der Waals surface area contributed by atoms with Crippen molar-refractivity contribution in [1.82, 2.24) is 4.90 Å². The number of rotatable bonds is 8. The van der Waals surface area contributed by atoms with Crippen LogP contribution in [-0.4, -0.2) is 39.3 Å². The summed E-state index contributed by atoms with van der Waals surface area (Å²) in [6.45, 7) is 0.198. The molecule has 162 valence electrons. The number of amides is 1.